The summed E-state index contributed by atoms with van der Waals surface area (Å²) in [7, 11) is 5.63. The Morgan fingerprint density at radius 3 is 1.43 bits per heavy atom. The largest absolute Gasteiger partial charge is 0.483 e. The fraction of sp³-hybridized carbons (Fsp3) is 0.343. The minimum atomic E-state index is -0.743. The molecule has 0 spiro atoms. The van der Waals surface area contributed by atoms with Gasteiger partial charge in [-0.15, -0.1) is 0 Å². The quantitative estimate of drug-likeness (QED) is 0.0852. The maximum absolute atomic E-state index is 13.0. The van der Waals surface area contributed by atoms with Gasteiger partial charge < -0.3 is 25.2 Å². The lowest BCUT2D eigenvalue weighted by Crippen LogP contribution is -2.42. The molecule has 14 heteroatoms. The van der Waals surface area contributed by atoms with Crippen LogP contribution in [0, 0.1) is 11.8 Å². The summed E-state index contributed by atoms with van der Waals surface area (Å²) in [6, 6.07) is 13.5. The summed E-state index contributed by atoms with van der Waals surface area (Å²) in [6.45, 7) is 7.64. The van der Waals surface area contributed by atoms with Crippen LogP contribution < -0.4 is 10.6 Å². The molecule has 0 saturated carbocycles. The van der Waals surface area contributed by atoms with E-state index in [0.717, 1.165) is 31.6 Å². The van der Waals surface area contributed by atoms with E-state index in [4.69, 9.17) is 19.4 Å². The maximum atomic E-state index is 13.0. The molecule has 0 aliphatic rings. The molecule has 260 valence electrons. The normalized spacial score (nSPS) is 12.1. The van der Waals surface area contributed by atoms with E-state index in [1.807, 2.05) is 64.1 Å². The second-order valence-corrected chi connectivity index (χ2v) is 13.9. The standard InChI is InChI=1S/C34H38N4O6S2.CH2O2/c1-19(2)13-25(33(41)43-5)37-31(39)23-15-21-9-7-11-27(29(21)35-17-23)45-46-28-12-8-10-22-16-24(18-36-30(22)28)32(40)38-26(14-20(3)4)34(42)44-6;2-1-3/h7-12,15-20,25-26H,13-14H2,1-6H3,(H,37,39)(H,38,40);1H,(H,2,3)/t25-,26-;/m0./s1. The number of nitrogens with one attached hydrogen (secondary N) is 2. The molecule has 12 nitrogen and oxygen atoms in total. The Kier molecular flexibility index (Phi) is 14.8. The molecule has 0 bridgehead atoms. The van der Waals surface area contributed by atoms with Crippen LogP contribution in [0.3, 0.4) is 0 Å². The Labute approximate surface area is 292 Å². The number of carboxylic acid groups (broad SMARTS) is 1. The molecule has 2 heterocycles. The number of rotatable bonds is 13. The van der Waals surface area contributed by atoms with Gasteiger partial charge in [-0.25, -0.2) is 9.59 Å². The monoisotopic (exact) mass is 708 g/mol. The van der Waals surface area contributed by atoms with Crippen molar-refractivity contribution < 1.29 is 38.6 Å². The van der Waals surface area contributed by atoms with Gasteiger partial charge in [0.05, 0.1) is 36.4 Å². The summed E-state index contributed by atoms with van der Waals surface area (Å²) in [4.78, 5) is 69.7. The van der Waals surface area contributed by atoms with Gasteiger partial charge in [-0.3, -0.25) is 24.4 Å². The third kappa shape index (κ3) is 10.9. The Bertz CT molecular complexity index is 1670. The first kappa shape index (κ1) is 38.8. The number of benzene rings is 2. The predicted molar refractivity (Wildman–Crippen MR) is 189 cm³/mol. The molecule has 0 unspecified atom stereocenters. The number of hydrogen-bond donors (Lipinski definition) is 3. The first-order chi connectivity index (χ1) is 23.4. The number of nitrogens with zero attached hydrogens (tertiary/aromatic N) is 2. The summed E-state index contributed by atoms with van der Waals surface area (Å²) in [5.74, 6) is -1.38. The van der Waals surface area contributed by atoms with E-state index in [0.29, 0.717) is 24.0 Å². The molecule has 0 aliphatic heterocycles. The van der Waals surface area contributed by atoms with Crippen molar-refractivity contribution in [3.8, 4) is 0 Å². The van der Waals surface area contributed by atoms with Gasteiger partial charge in [0, 0.05) is 33.0 Å². The lowest BCUT2D eigenvalue weighted by Gasteiger charge is -2.18. The first-order valence-corrected chi connectivity index (χ1v) is 17.5. The number of amides is 2. The number of carbonyl (C=O) groups excluding carboxylic acids is 4. The molecule has 2 amide bonds. The zero-order valence-electron chi connectivity index (χ0n) is 28.1. The molecule has 0 saturated heterocycles. The van der Waals surface area contributed by atoms with Crippen molar-refractivity contribution in [3.63, 3.8) is 0 Å². The molecule has 0 fully saturated rings. The topological polar surface area (TPSA) is 174 Å². The molecule has 2 aromatic carbocycles. The van der Waals surface area contributed by atoms with Crippen LogP contribution in [0.25, 0.3) is 21.8 Å². The number of fused-ring (bicyclic) bond motifs is 2. The highest BCUT2D eigenvalue weighted by atomic mass is 33.1. The molecule has 4 rings (SSSR count). The van der Waals surface area contributed by atoms with Crippen LogP contribution in [-0.4, -0.2) is 71.6 Å². The molecule has 0 aliphatic carbocycles. The number of hydrogen-bond acceptors (Lipinski definition) is 11. The van der Waals surface area contributed by atoms with Gasteiger partial charge in [-0.1, -0.05) is 73.5 Å². The average molecular weight is 709 g/mol. The van der Waals surface area contributed by atoms with Gasteiger partial charge in [-0.05, 0) is 48.9 Å². The van der Waals surface area contributed by atoms with Crippen molar-refractivity contribution in [2.24, 2.45) is 11.8 Å². The SMILES string of the molecule is COC(=O)[C@H](CC(C)C)NC(=O)c1cnc2c(SSc3cccc4cc(C(=O)N[C@@H](CC(C)C)C(=O)OC)cnc34)cccc2c1.O=CO. The van der Waals surface area contributed by atoms with Crippen molar-refractivity contribution in [1.82, 2.24) is 20.6 Å². The Hall–Kier alpha value is -4.69. The highest BCUT2D eigenvalue weighted by Gasteiger charge is 2.25. The summed E-state index contributed by atoms with van der Waals surface area (Å²) >= 11 is 0. The molecular formula is C35H40N4O8S2. The summed E-state index contributed by atoms with van der Waals surface area (Å²) in [5, 5.41) is 14.0. The lowest BCUT2D eigenvalue weighted by atomic mass is 10.0. The third-order valence-corrected chi connectivity index (χ3v) is 9.52. The van der Waals surface area contributed by atoms with Gasteiger partial charge in [0.15, 0.2) is 0 Å². The van der Waals surface area contributed by atoms with Crippen molar-refractivity contribution in [2.45, 2.75) is 62.4 Å². The van der Waals surface area contributed by atoms with E-state index in [2.05, 4.69) is 20.6 Å². The van der Waals surface area contributed by atoms with E-state index in [1.165, 1.54) is 48.2 Å². The average Bonchev–Trinajstić information content (AvgIpc) is 3.08. The van der Waals surface area contributed by atoms with Crippen molar-refractivity contribution in [1.29, 1.82) is 0 Å². The van der Waals surface area contributed by atoms with E-state index < -0.39 is 35.8 Å². The number of methoxy groups -OCH3 is 2. The van der Waals surface area contributed by atoms with Crippen LogP contribution in [0.1, 0.15) is 61.3 Å². The van der Waals surface area contributed by atoms with Gasteiger partial charge in [-0.2, -0.15) is 0 Å². The lowest BCUT2D eigenvalue weighted by molar-refractivity contribution is -0.144. The fourth-order valence-electron chi connectivity index (χ4n) is 4.88. The van der Waals surface area contributed by atoms with Gasteiger partial charge >= 0.3 is 11.9 Å². The number of pyridine rings is 2. The van der Waals surface area contributed by atoms with Gasteiger partial charge in [0.2, 0.25) is 0 Å². The second kappa shape index (κ2) is 18.7. The van der Waals surface area contributed by atoms with Crippen molar-refractivity contribution >= 4 is 73.6 Å². The molecule has 2 atom stereocenters. The fourth-order valence-corrected chi connectivity index (χ4v) is 7.17. The molecular weight excluding hydrogens is 669 g/mol. The number of para-hydroxylation sites is 2. The van der Waals surface area contributed by atoms with Crippen molar-refractivity contribution in [3.05, 3.63) is 72.1 Å². The van der Waals surface area contributed by atoms with Crippen LogP contribution in [0.2, 0.25) is 0 Å². The van der Waals surface area contributed by atoms with E-state index in [-0.39, 0.29) is 18.3 Å². The predicted octanol–water partition coefficient (Wildman–Crippen LogP) is 5.92. The smallest absolute Gasteiger partial charge is 0.328 e. The number of ether oxygens (including phenoxy) is 2. The van der Waals surface area contributed by atoms with Gasteiger partial charge in [0.1, 0.15) is 12.1 Å². The highest BCUT2D eigenvalue weighted by molar-refractivity contribution is 8.76. The highest BCUT2D eigenvalue weighted by Crippen LogP contribution is 2.42. The van der Waals surface area contributed by atoms with Crippen LogP contribution in [-0.2, 0) is 23.9 Å². The number of carbonyl (C=O) groups is 5. The van der Waals surface area contributed by atoms with Crippen LogP contribution in [0.5, 0.6) is 0 Å². The molecule has 3 N–H and O–H groups in total. The molecule has 0 radical (unpaired) electrons. The van der Waals surface area contributed by atoms with E-state index in [1.54, 1.807) is 12.1 Å². The van der Waals surface area contributed by atoms with Crippen LogP contribution in [0.4, 0.5) is 0 Å². The zero-order valence-corrected chi connectivity index (χ0v) is 29.7. The summed E-state index contributed by atoms with van der Waals surface area (Å²) in [5.41, 5.74) is 2.16. The molecule has 49 heavy (non-hydrogen) atoms. The Balaban J connectivity index is 0.00000209. The number of aromatic nitrogens is 2. The first-order valence-electron chi connectivity index (χ1n) is 15.4. The maximum Gasteiger partial charge on any atom is 0.328 e. The summed E-state index contributed by atoms with van der Waals surface area (Å²) < 4.78 is 9.73. The van der Waals surface area contributed by atoms with Crippen molar-refractivity contribution in [2.75, 3.05) is 14.2 Å². The zero-order chi connectivity index (χ0) is 36.1. The minimum Gasteiger partial charge on any atom is -0.483 e. The van der Waals surface area contributed by atoms with Gasteiger partial charge in [0.25, 0.3) is 18.3 Å². The Morgan fingerprint density at radius 2 is 1.10 bits per heavy atom. The molecule has 2 aromatic heterocycles. The second-order valence-electron chi connectivity index (χ2n) is 11.7. The number of esters is 2. The van der Waals surface area contributed by atoms with Crippen LogP contribution in [0.15, 0.2) is 70.7 Å². The van der Waals surface area contributed by atoms with Crippen LogP contribution >= 0.6 is 21.6 Å². The third-order valence-electron chi connectivity index (χ3n) is 7.09. The van der Waals surface area contributed by atoms with E-state index in [9.17, 15) is 19.2 Å². The Morgan fingerprint density at radius 1 is 0.735 bits per heavy atom. The molecule has 4 aromatic rings. The van der Waals surface area contributed by atoms with E-state index >= 15 is 0 Å². The summed E-state index contributed by atoms with van der Waals surface area (Å²) in [6.07, 6.45) is 3.94. The minimum absolute atomic E-state index is 0.190.